The number of pyridine rings is 1. The maximum Gasteiger partial charge on any atom is 0.256 e. The summed E-state index contributed by atoms with van der Waals surface area (Å²) in [6.45, 7) is 0.632. The lowest BCUT2D eigenvalue weighted by Crippen LogP contribution is -2.32. The van der Waals surface area contributed by atoms with Crippen LogP contribution in [0.25, 0.3) is 0 Å². The summed E-state index contributed by atoms with van der Waals surface area (Å²) in [7, 11) is 0. The minimum absolute atomic E-state index is 0.0373. The first-order chi connectivity index (χ1) is 9.65. The second kappa shape index (κ2) is 5.72. The third-order valence-corrected chi connectivity index (χ3v) is 4.64. The highest BCUT2D eigenvalue weighted by Crippen LogP contribution is 2.31. The van der Waals surface area contributed by atoms with Crippen LogP contribution in [0, 0.1) is 0 Å². The van der Waals surface area contributed by atoms with Crippen molar-refractivity contribution in [3.8, 4) is 0 Å². The summed E-state index contributed by atoms with van der Waals surface area (Å²) < 4.78 is 0. The number of carbonyl (C=O) groups excluding carboxylic acids is 1. The fourth-order valence-corrected chi connectivity index (χ4v) is 2.97. The van der Waals surface area contributed by atoms with Gasteiger partial charge in [-0.1, -0.05) is 23.2 Å². The lowest BCUT2D eigenvalue weighted by molar-refractivity contribution is 0.0729. The topological polar surface area (TPSA) is 33.2 Å². The lowest BCUT2D eigenvalue weighted by Gasteiger charge is -2.22. The molecule has 20 heavy (non-hydrogen) atoms. The molecular formula is C14H12Cl2N2OS. The predicted molar refractivity (Wildman–Crippen MR) is 81.5 cm³/mol. The number of hydrogen-bond donors (Lipinski definition) is 0. The Kier molecular flexibility index (Phi) is 3.96. The summed E-state index contributed by atoms with van der Waals surface area (Å²) in [6.07, 6.45) is 3.61. The zero-order chi connectivity index (χ0) is 14.1. The number of thiophene rings is 1. The molecule has 0 radical (unpaired) electrons. The molecule has 1 fully saturated rings. The number of rotatable bonds is 4. The van der Waals surface area contributed by atoms with E-state index in [4.69, 9.17) is 23.2 Å². The minimum atomic E-state index is -0.0373. The predicted octanol–water partition coefficient (Wildman–Crippen LogP) is 4.25. The van der Waals surface area contributed by atoms with Crippen molar-refractivity contribution < 1.29 is 4.79 Å². The molecule has 0 spiro atoms. The van der Waals surface area contributed by atoms with Gasteiger partial charge in [-0.25, -0.2) is 4.98 Å². The summed E-state index contributed by atoms with van der Waals surface area (Å²) in [5, 5.41) is 4.62. The second-order valence-electron chi connectivity index (χ2n) is 4.79. The summed E-state index contributed by atoms with van der Waals surface area (Å²) in [4.78, 5) is 18.4. The van der Waals surface area contributed by atoms with Crippen molar-refractivity contribution in [2.24, 2.45) is 0 Å². The number of aromatic nitrogens is 1. The van der Waals surface area contributed by atoms with E-state index in [0.29, 0.717) is 23.2 Å². The summed E-state index contributed by atoms with van der Waals surface area (Å²) in [5.74, 6) is -0.0373. The molecule has 0 unspecified atom stereocenters. The van der Waals surface area contributed by atoms with E-state index in [2.05, 4.69) is 10.4 Å². The molecule has 2 aromatic rings. The monoisotopic (exact) mass is 326 g/mol. The Balaban J connectivity index is 1.83. The third-order valence-electron chi connectivity index (χ3n) is 3.22. The van der Waals surface area contributed by atoms with Crippen LogP contribution in [0.4, 0.5) is 0 Å². The molecule has 1 amide bonds. The van der Waals surface area contributed by atoms with E-state index in [1.165, 1.54) is 6.20 Å². The van der Waals surface area contributed by atoms with E-state index in [1.54, 1.807) is 17.4 Å². The van der Waals surface area contributed by atoms with Crippen molar-refractivity contribution >= 4 is 40.4 Å². The highest BCUT2D eigenvalue weighted by molar-refractivity contribution is 7.07. The van der Waals surface area contributed by atoms with E-state index in [-0.39, 0.29) is 11.1 Å². The van der Waals surface area contributed by atoms with Crippen molar-refractivity contribution in [1.29, 1.82) is 0 Å². The Morgan fingerprint density at radius 3 is 2.85 bits per heavy atom. The summed E-state index contributed by atoms with van der Waals surface area (Å²) >= 11 is 13.4. The van der Waals surface area contributed by atoms with Gasteiger partial charge in [-0.15, -0.1) is 0 Å². The molecule has 104 valence electrons. The molecule has 2 heterocycles. The second-order valence-corrected chi connectivity index (χ2v) is 6.34. The van der Waals surface area contributed by atoms with Gasteiger partial charge in [0.05, 0.1) is 10.6 Å². The maximum atomic E-state index is 12.6. The van der Waals surface area contributed by atoms with Gasteiger partial charge in [0.15, 0.2) is 0 Å². The van der Waals surface area contributed by atoms with Gasteiger partial charge in [0.1, 0.15) is 5.15 Å². The number of amides is 1. The molecule has 6 heteroatoms. The van der Waals surface area contributed by atoms with Crippen LogP contribution in [-0.4, -0.2) is 21.8 Å². The molecule has 1 saturated carbocycles. The summed E-state index contributed by atoms with van der Waals surface area (Å²) in [5.41, 5.74) is 1.64. The standard InChI is InChI=1S/C14H12Cl2N2OS/c15-12-5-10(6-17-13(12)16)14(19)18(11-1-2-11)7-9-3-4-20-8-9/h3-6,8,11H,1-2,7H2. The van der Waals surface area contributed by atoms with Gasteiger partial charge in [-0.3, -0.25) is 4.79 Å². The average molecular weight is 327 g/mol. The Morgan fingerprint density at radius 2 is 2.25 bits per heavy atom. The van der Waals surface area contributed by atoms with Crippen LogP contribution >= 0.6 is 34.5 Å². The molecule has 3 rings (SSSR count). The molecule has 0 bridgehead atoms. The molecule has 0 atom stereocenters. The minimum Gasteiger partial charge on any atom is -0.331 e. The highest BCUT2D eigenvalue weighted by atomic mass is 35.5. The molecule has 0 saturated heterocycles. The Hall–Kier alpha value is -1.10. The van der Waals surface area contributed by atoms with Gasteiger partial charge in [0, 0.05) is 18.8 Å². The Labute approximate surface area is 131 Å². The van der Waals surface area contributed by atoms with E-state index >= 15 is 0 Å². The highest BCUT2D eigenvalue weighted by Gasteiger charge is 2.33. The van der Waals surface area contributed by atoms with Crippen LogP contribution in [-0.2, 0) is 6.54 Å². The first kappa shape index (κ1) is 13.9. The van der Waals surface area contributed by atoms with Crippen molar-refractivity contribution in [3.63, 3.8) is 0 Å². The normalized spacial score (nSPS) is 14.3. The van der Waals surface area contributed by atoms with Crippen molar-refractivity contribution in [2.75, 3.05) is 0 Å². The third kappa shape index (κ3) is 2.97. The summed E-state index contributed by atoms with van der Waals surface area (Å²) in [6, 6.07) is 3.96. The lowest BCUT2D eigenvalue weighted by atomic mass is 10.2. The van der Waals surface area contributed by atoms with Crippen LogP contribution in [0.15, 0.2) is 29.1 Å². The van der Waals surface area contributed by atoms with Gasteiger partial charge >= 0.3 is 0 Å². The first-order valence-corrected chi connectivity index (χ1v) is 7.98. The number of halogens is 2. The molecule has 1 aliphatic rings. The van der Waals surface area contributed by atoms with Gasteiger partial charge in [-0.05, 0) is 41.3 Å². The number of nitrogens with zero attached hydrogens (tertiary/aromatic N) is 2. The van der Waals surface area contributed by atoms with Gasteiger partial charge in [0.2, 0.25) is 0 Å². The van der Waals surface area contributed by atoms with Crippen LogP contribution in [0.2, 0.25) is 10.2 Å². The largest absolute Gasteiger partial charge is 0.331 e. The maximum absolute atomic E-state index is 12.6. The van der Waals surface area contributed by atoms with Crippen LogP contribution in [0.5, 0.6) is 0 Å². The van der Waals surface area contributed by atoms with Gasteiger partial charge in [-0.2, -0.15) is 11.3 Å². The van der Waals surface area contributed by atoms with E-state index in [0.717, 1.165) is 18.4 Å². The Bertz CT molecular complexity index is 626. The fourth-order valence-electron chi connectivity index (χ4n) is 2.04. The van der Waals surface area contributed by atoms with Crippen LogP contribution in [0.3, 0.4) is 0 Å². The van der Waals surface area contributed by atoms with E-state index in [9.17, 15) is 4.79 Å². The molecule has 0 N–H and O–H groups in total. The van der Waals surface area contributed by atoms with Gasteiger partial charge in [0.25, 0.3) is 5.91 Å². The number of hydrogen-bond acceptors (Lipinski definition) is 3. The molecule has 1 aliphatic carbocycles. The van der Waals surface area contributed by atoms with E-state index < -0.39 is 0 Å². The first-order valence-electron chi connectivity index (χ1n) is 6.28. The quantitative estimate of drug-likeness (QED) is 0.787. The average Bonchev–Trinajstić information content (AvgIpc) is 3.15. The van der Waals surface area contributed by atoms with Crippen molar-refractivity contribution in [1.82, 2.24) is 9.88 Å². The molecule has 3 nitrogen and oxygen atoms in total. The molecule has 0 aliphatic heterocycles. The van der Waals surface area contributed by atoms with Crippen molar-refractivity contribution in [2.45, 2.75) is 25.4 Å². The fraction of sp³-hybridized carbons (Fsp3) is 0.286. The van der Waals surface area contributed by atoms with E-state index in [1.807, 2.05) is 16.3 Å². The SMILES string of the molecule is O=C(c1cnc(Cl)c(Cl)c1)N(Cc1ccsc1)C1CC1. The molecule has 2 aromatic heterocycles. The smallest absolute Gasteiger partial charge is 0.256 e. The Morgan fingerprint density at radius 1 is 1.45 bits per heavy atom. The zero-order valence-corrected chi connectivity index (χ0v) is 12.9. The van der Waals surface area contributed by atoms with Crippen LogP contribution in [0.1, 0.15) is 28.8 Å². The van der Waals surface area contributed by atoms with Crippen molar-refractivity contribution in [3.05, 3.63) is 50.4 Å². The molecular weight excluding hydrogens is 315 g/mol. The zero-order valence-electron chi connectivity index (χ0n) is 10.6. The van der Waals surface area contributed by atoms with Crippen LogP contribution < -0.4 is 0 Å². The molecule has 0 aromatic carbocycles. The van der Waals surface area contributed by atoms with Gasteiger partial charge < -0.3 is 4.90 Å². The number of carbonyl (C=O) groups is 1.